The molecule has 0 aliphatic heterocycles. The summed E-state index contributed by atoms with van der Waals surface area (Å²) in [5.74, 6) is 0.954. The summed E-state index contributed by atoms with van der Waals surface area (Å²) < 4.78 is 5.65. The number of rotatable bonds is 8. The summed E-state index contributed by atoms with van der Waals surface area (Å²) in [6.45, 7) is 6.14. The van der Waals surface area contributed by atoms with Crippen LogP contribution in [-0.2, 0) is 6.54 Å². The van der Waals surface area contributed by atoms with E-state index in [1.54, 1.807) is 11.6 Å². The van der Waals surface area contributed by atoms with Crippen molar-refractivity contribution in [3.8, 4) is 5.75 Å². The topological polar surface area (TPSA) is 21.3 Å². The Morgan fingerprint density at radius 2 is 2.21 bits per heavy atom. The Hall–Kier alpha value is -1.54. The van der Waals surface area contributed by atoms with Gasteiger partial charge in [0.1, 0.15) is 12.4 Å². The van der Waals surface area contributed by atoms with Crippen LogP contribution in [0.2, 0.25) is 0 Å². The lowest BCUT2D eigenvalue weighted by molar-refractivity contribution is 0.358. The Bertz CT molecular complexity index is 437. The molecule has 0 radical (unpaired) electrons. The van der Waals surface area contributed by atoms with Crippen LogP contribution in [0.1, 0.15) is 31.2 Å². The third kappa shape index (κ3) is 4.56. The zero-order valence-corrected chi connectivity index (χ0v) is 11.5. The van der Waals surface area contributed by atoms with E-state index in [9.17, 15) is 0 Å². The lowest BCUT2D eigenvalue weighted by atomic mass is 10.1. The molecule has 0 fully saturated rings. The molecule has 1 N–H and O–H groups in total. The van der Waals surface area contributed by atoms with Gasteiger partial charge in [-0.25, -0.2) is 0 Å². The third-order valence-electron chi connectivity index (χ3n) is 3.40. The molecule has 2 nitrogen and oxygen atoms in total. The molecule has 2 rings (SSSR count). The van der Waals surface area contributed by atoms with Gasteiger partial charge in [-0.3, -0.25) is 0 Å². The predicted molar refractivity (Wildman–Crippen MR) is 80.4 cm³/mol. The van der Waals surface area contributed by atoms with Crippen molar-refractivity contribution < 1.29 is 4.74 Å². The van der Waals surface area contributed by atoms with E-state index in [1.165, 1.54) is 31.2 Å². The van der Waals surface area contributed by atoms with Crippen LogP contribution < -0.4 is 10.1 Å². The molecule has 102 valence electrons. The Morgan fingerprint density at radius 3 is 3.00 bits per heavy atom. The van der Waals surface area contributed by atoms with Gasteiger partial charge in [-0.15, -0.1) is 0 Å². The van der Waals surface area contributed by atoms with Crippen LogP contribution in [0.4, 0.5) is 0 Å². The summed E-state index contributed by atoms with van der Waals surface area (Å²) >= 11 is 0. The van der Waals surface area contributed by atoms with Crippen molar-refractivity contribution in [2.75, 3.05) is 13.2 Å². The number of nitrogens with one attached hydrogen (secondary N) is 1. The van der Waals surface area contributed by atoms with Gasteiger partial charge < -0.3 is 10.1 Å². The molecule has 0 saturated heterocycles. The highest BCUT2D eigenvalue weighted by Gasteiger charge is 2.05. The number of hydrogen-bond donors (Lipinski definition) is 1. The Balaban J connectivity index is 1.76. The standard InChI is InChI=1S/C17H23NO/c1-2-13-19-17-10-6-5-9-16(17)14-18-12-11-15-7-3-4-8-15/h2,5-7,9-10,18H,1,3-4,8,11-14H2. The highest BCUT2D eigenvalue weighted by Crippen LogP contribution is 2.20. The van der Waals surface area contributed by atoms with E-state index in [4.69, 9.17) is 4.74 Å². The van der Waals surface area contributed by atoms with Gasteiger partial charge in [0.05, 0.1) is 0 Å². The number of para-hydroxylation sites is 1. The van der Waals surface area contributed by atoms with Crippen LogP contribution in [-0.4, -0.2) is 13.2 Å². The summed E-state index contributed by atoms with van der Waals surface area (Å²) in [7, 11) is 0. The highest BCUT2D eigenvalue weighted by atomic mass is 16.5. The second kappa shape index (κ2) is 7.80. The highest BCUT2D eigenvalue weighted by molar-refractivity contribution is 5.33. The minimum atomic E-state index is 0.559. The lowest BCUT2D eigenvalue weighted by Gasteiger charge is -2.11. The minimum Gasteiger partial charge on any atom is -0.489 e. The van der Waals surface area contributed by atoms with Gasteiger partial charge in [0.2, 0.25) is 0 Å². The zero-order valence-electron chi connectivity index (χ0n) is 11.5. The van der Waals surface area contributed by atoms with E-state index in [1.807, 2.05) is 12.1 Å². The fourth-order valence-electron chi connectivity index (χ4n) is 2.38. The summed E-state index contributed by atoms with van der Waals surface area (Å²) in [5.41, 5.74) is 2.83. The first-order valence-electron chi connectivity index (χ1n) is 7.10. The van der Waals surface area contributed by atoms with Gasteiger partial charge in [0, 0.05) is 12.1 Å². The fraction of sp³-hybridized carbons (Fsp3) is 0.412. The van der Waals surface area contributed by atoms with Crippen LogP contribution in [0.15, 0.2) is 48.6 Å². The van der Waals surface area contributed by atoms with Crippen molar-refractivity contribution in [3.63, 3.8) is 0 Å². The van der Waals surface area contributed by atoms with Crippen LogP contribution in [0.25, 0.3) is 0 Å². The molecule has 0 spiro atoms. The molecular formula is C17H23NO. The number of ether oxygens (including phenoxy) is 1. The summed E-state index contributed by atoms with van der Waals surface area (Å²) in [6, 6.07) is 8.18. The zero-order chi connectivity index (χ0) is 13.3. The van der Waals surface area contributed by atoms with E-state index >= 15 is 0 Å². The molecule has 1 aromatic rings. The molecule has 0 bridgehead atoms. The molecule has 19 heavy (non-hydrogen) atoms. The van der Waals surface area contributed by atoms with E-state index in [0.717, 1.165) is 18.8 Å². The van der Waals surface area contributed by atoms with Gasteiger partial charge in [0.25, 0.3) is 0 Å². The quantitative estimate of drug-likeness (QED) is 0.564. The Labute approximate surface area is 116 Å². The molecule has 0 atom stereocenters. The molecule has 0 unspecified atom stereocenters. The SMILES string of the molecule is C=CCOc1ccccc1CNCCC1=CCCC1. The molecule has 0 aromatic heterocycles. The second-order valence-corrected chi connectivity index (χ2v) is 4.89. The number of allylic oxidation sites excluding steroid dienone is 1. The molecule has 1 aliphatic carbocycles. The fourth-order valence-corrected chi connectivity index (χ4v) is 2.38. The van der Waals surface area contributed by atoms with Gasteiger partial charge in [-0.05, 0) is 38.3 Å². The van der Waals surface area contributed by atoms with Gasteiger partial charge in [-0.2, -0.15) is 0 Å². The summed E-state index contributed by atoms with van der Waals surface area (Å²) in [5, 5.41) is 3.50. The molecule has 0 saturated carbocycles. The maximum absolute atomic E-state index is 5.65. The van der Waals surface area contributed by atoms with E-state index in [-0.39, 0.29) is 0 Å². The van der Waals surface area contributed by atoms with Crippen LogP contribution in [0, 0.1) is 0 Å². The minimum absolute atomic E-state index is 0.559. The van der Waals surface area contributed by atoms with Crippen LogP contribution in [0.5, 0.6) is 5.75 Å². The van der Waals surface area contributed by atoms with Crippen molar-refractivity contribution in [3.05, 3.63) is 54.1 Å². The predicted octanol–water partition coefficient (Wildman–Crippen LogP) is 3.84. The third-order valence-corrected chi connectivity index (χ3v) is 3.40. The smallest absolute Gasteiger partial charge is 0.124 e. The maximum atomic E-state index is 5.65. The van der Waals surface area contributed by atoms with Crippen LogP contribution in [0.3, 0.4) is 0 Å². The van der Waals surface area contributed by atoms with Crippen LogP contribution >= 0.6 is 0 Å². The molecule has 1 aromatic carbocycles. The first-order valence-corrected chi connectivity index (χ1v) is 7.10. The van der Waals surface area contributed by atoms with Crippen molar-refractivity contribution in [2.45, 2.75) is 32.2 Å². The van der Waals surface area contributed by atoms with Crippen molar-refractivity contribution in [1.29, 1.82) is 0 Å². The number of benzene rings is 1. The summed E-state index contributed by atoms with van der Waals surface area (Å²) in [6.07, 6.45) is 9.25. The van der Waals surface area contributed by atoms with E-state index in [0.29, 0.717) is 6.61 Å². The Kier molecular flexibility index (Phi) is 5.70. The average molecular weight is 257 g/mol. The maximum Gasteiger partial charge on any atom is 0.124 e. The van der Waals surface area contributed by atoms with Crippen molar-refractivity contribution in [2.24, 2.45) is 0 Å². The first-order chi connectivity index (χ1) is 9.40. The average Bonchev–Trinajstić information content (AvgIpc) is 2.95. The van der Waals surface area contributed by atoms with E-state index in [2.05, 4.69) is 30.1 Å². The monoisotopic (exact) mass is 257 g/mol. The lowest BCUT2D eigenvalue weighted by Crippen LogP contribution is -2.15. The van der Waals surface area contributed by atoms with Crippen molar-refractivity contribution in [1.82, 2.24) is 5.32 Å². The molecule has 2 heteroatoms. The Morgan fingerprint density at radius 1 is 1.32 bits per heavy atom. The normalized spacial score (nSPS) is 14.2. The van der Waals surface area contributed by atoms with Gasteiger partial charge in [0.15, 0.2) is 0 Å². The van der Waals surface area contributed by atoms with Gasteiger partial charge >= 0.3 is 0 Å². The number of hydrogen-bond acceptors (Lipinski definition) is 2. The second-order valence-electron chi connectivity index (χ2n) is 4.89. The first kappa shape index (κ1) is 13.9. The molecule has 0 heterocycles. The van der Waals surface area contributed by atoms with Gasteiger partial charge in [-0.1, -0.05) is 42.5 Å². The van der Waals surface area contributed by atoms with E-state index < -0.39 is 0 Å². The molecular weight excluding hydrogens is 234 g/mol. The molecule has 0 amide bonds. The molecule has 1 aliphatic rings. The largest absolute Gasteiger partial charge is 0.489 e. The summed E-state index contributed by atoms with van der Waals surface area (Å²) in [4.78, 5) is 0. The van der Waals surface area contributed by atoms with Crippen molar-refractivity contribution >= 4 is 0 Å².